The van der Waals surface area contributed by atoms with Crippen LogP contribution in [-0.2, 0) is 0 Å². The molecule has 1 aromatic heterocycles. The van der Waals surface area contributed by atoms with E-state index in [0.29, 0.717) is 28.7 Å². The maximum atomic E-state index is 11.2. The highest BCUT2D eigenvalue weighted by Gasteiger charge is 2.10. The number of hydrogen-bond acceptors (Lipinski definition) is 6. The molecule has 1 amide bonds. The number of thiazole rings is 1. The Bertz CT molecular complexity index is 598. The van der Waals surface area contributed by atoms with Crippen molar-refractivity contribution in [1.29, 1.82) is 0 Å². The van der Waals surface area contributed by atoms with Crippen LogP contribution in [0.2, 0.25) is 0 Å². The van der Waals surface area contributed by atoms with Gasteiger partial charge in [-0.05, 0) is 25.1 Å². The molecule has 0 radical (unpaired) electrons. The summed E-state index contributed by atoms with van der Waals surface area (Å²) in [6.07, 6.45) is 0. The van der Waals surface area contributed by atoms with Crippen LogP contribution in [0.1, 0.15) is 17.3 Å². The van der Waals surface area contributed by atoms with Gasteiger partial charge < -0.3 is 20.9 Å². The van der Waals surface area contributed by atoms with Crippen LogP contribution in [0.25, 0.3) is 0 Å². The topological polar surface area (TPSA) is 97.5 Å². The summed E-state index contributed by atoms with van der Waals surface area (Å²) in [6, 6.07) is 4.85. The molecule has 0 aliphatic rings. The van der Waals surface area contributed by atoms with Gasteiger partial charge in [0.15, 0.2) is 5.13 Å². The Labute approximate surface area is 113 Å². The van der Waals surface area contributed by atoms with Crippen molar-refractivity contribution in [3.63, 3.8) is 0 Å². The minimum Gasteiger partial charge on any atom is -0.493 e. The van der Waals surface area contributed by atoms with Crippen molar-refractivity contribution in [3.05, 3.63) is 29.1 Å². The monoisotopic (exact) mass is 279 g/mol. The molecule has 0 bridgehead atoms. The molecule has 0 saturated carbocycles. The molecule has 6 nitrogen and oxygen atoms in total. The zero-order chi connectivity index (χ0) is 13.8. The number of hydrogen-bond donors (Lipinski definition) is 3. The highest BCUT2D eigenvalue weighted by atomic mass is 32.1. The summed E-state index contributed by atoms with van der Waals surface area (Å²) in [5, 5.41) is 14.2. The van der Waals surface area contributed by atoms with Crippen LogP contribution in [0.15, 0.2) is 23.6 Å². The average molecular weight is 279 g/mol. The van der Waals surface area contributed by atoms with E-state index >= 15 is 0 Å². The number of nitrogens with zero attached hydrogens (tertiary/aromatic N) is 1. The second-order valence-corrected chi connectivity index (χ2v) is 4.50. The highest BCUT2D eigenvalue weighted by molar-refractivity contribution is 7.13. The molecule has 4 N–H and O–H groups in total. The molecule has 0 spiro atoms. The first-order chi connectivity index (χ1) is 9.10. The normalized spacial score (nSPS) is 10.2. The Hall–Kier alpha value is -2.28. The summed E-state index contributed by atoms with van der Waals surface area (Å²) >= 11 is 1.24. The van der Waals surface area contributed by atoms with Crippen molar-refractivity contribution in [2.24, 2.45) is 5.73 Å². The summed E-state index contributed by atoms with van der Waals surface area (Å²) in [7, 11) is 0. The van der Waals surface area contributed by atoms with Crippen LogP contribution >= 0.6 is 11.3 Å². The Balaban J connectivity index is 2.34. The number of anilines is 2. The molecular formula is C12H13N3O3S. The van der Waals surface area contributed by atoms with Gasteiger partial charge >= 0.3 is 0 Å². The SMILES string of the molecule is CCOc1ccc(C(N)=O)cc1Nc1nc(O)cs1. The maximum absolute atomic E-state index is 11.2. The number of aromatic hydroxyl groups is 1. The van der Waals surface area contributed by atoms with Crippen LogP contribution in [0.5, 0.6) is 11.6 Å². The fourth-order valence-electron chi connectivity index (χ4n) is 1.50. The van der Waals surface area contributed by atoms with E-state index in [-0.39, 0.29) is 5.88 Å². The highest BCUT2D eigenvalue weighted by Crippen LogP contribution is 2.31. The van der Waals surface area contributed by atoms with E-state index in [1.54, 1.807) is 18.2 Å². The fraction of sp³-hybridized carbons (Fsp3) is 0.167. The van der Waals surface area contributed by atoms with Crippen molar-refractivity contribution < 1.29 is 14.6 Å². The van der Waals surface area contributed by atoms with Crippen LogP contribution in [-0.4, -0.2) is 22.6 Å². The van der Waals surface area contributed by atoms with Gasteiger partial charge in [-0.1, -0.05) is 0 Å². The molecule has 0 saturated heterocycles. The number of carbonyl (C=O) groups is 1. The molecule has 2 aromatic rings. The van der Waals surface area contributed by atoms with Crippen LogP contribution in [0.4, 0.5) is 10.8 Å². The van der Waals surface area contributed by atoms with E-state index in [0.717, 1.165) is 0 Å². The van der Waals surface area contributed by atoms with E-state index in [4.69, 9.17) is 10.5 Å². The van der Waals surface area contributed by atoms with Crippen molar-refractivity contribution in [3.8, 4) is 11.6 Å². The Morgan fingerprint density at radius 3 is 2.95 bits per heavy atom. The first kappa shape index (κ1) is 13.2. The molecule has 2 rings (SSSR count). The third-order valence-corrected chi connectivity index (χ3v) is 3.04. The number of nitrogens with one attached hydrogen (secondary N) is 1. The summed E-state index contributed by atoms with van der Waals surface area (Å²) in [4.78, 5) is 15.1. The minimum atomic E-state index is -0.520. The van der Waals surface area contributed by atoms with Gasteiger partial charge in [-0.3, -0.25) is 4.79 Å². The fourth-order valence-corrected chi connectivity index (χ4v) is 2.09. The van der Waals surface area contributed by atoms with Crippen molar-refractivity contribution in [1.82, 2.24) is 4.98 Å². The van der Waals surface area contributed by atoms with E-state index in [2.05, 4.69) is 10.3 Å². The first-order valence-corrected chi connectivity index (χ1v) is 6.46. The van der Waals surface area contributed by atoms with E-state index in [9.17, 15) is 9.90 Å². The summed E-state index contributed by atoms with van der Waals surface area (Å²) in [6.45, 7) is 2.36. The summed E-state index contributed by atoms with van der Waals surface area (Å²) < 4.78 is 5.45. The zero-order valence-corrected chi connectivity index (χ0v) is 11.0. The molecule has 7 heteroatoms. The van der Waals surface area contributed by atoms with Crippen molar-refractivity contribution in [2.45, 2.75) is 6.92 Å². The second-order valence-electron chi connectivity index (χ2n) is 3.64. The largest absolute Gasteiger partial charge is 0.493 e. The van der Waals surface area contributed by atoms with Crippen LogP contribution < -0.4 is 15.8 Å². The standard InChI is InChI=1S/C12H13N3O3S/c1-2-18-9-4-3-7(11(13)17)5-8(9)14-12-15-10(16)6-19-12/h3-6,16H,2H2,1H3,(H2,13,17)(H,14,15). The lowest BCUT2D eigenvalue weighted by molar-refractivity contribution is 0.100. The molecule has 0 fully saturated rings. The molecule has 1 heterocycles. The lowest BCUT2D eigenvalue weighted by atomic mass is 10.2. The summed E-state index contributed by atoms with van der Waals surface area (Å²) in [5.41, 5.74) is 6.19. The van der Waals surface area contributed by atoms with E-state index < -0.39 is 5.91 Å². The number of ether oxygens (including phenoxy) is 1. The van der Waals surface area contributed by atoms with Crippen molar-refractivity contribution in [2.75, 3.05) is 11.9 Å². The molecule has 19 heavy (non-hydrogen) atoms. The van der Waals surface area contributed by atoms with Crippen LogP contribution in [0.3, 0.4) is 0 Å². The molecule has 0 aliphatic carbocycles. The molecule has 0 unspecified atom stereocenters. The first-order valence-electron chi connectivity index (χ1n) is 5.58. The predicted molar refractivity (Wildman–Crippen MR) is 73.2 cm³/mol. The van der Waals surface area contributed by atoms with Gasteiger partial charge in [0.05, 0.1) is 17.7 Å². The quantitative estimate of drug-likeness (QED) is 0.778. The van der Waals surface area contributed by atoms with E-state index in [1.165, 1.54) is 16.7 Å². The molecule has 100 valence electrons. The predicted octanol–water partition coefficient (Wildman–Crippen LogP) is 2.09. The molecular weight excluding hydrogens is 266 g/mol. The number of nitrogens with two attached hydrogens (primary N) is 1. The van der Waals surface area contributed by atoms with Gasteiger partial charge in [0.1, 0.15) is 5.75 Å². The lowest BCUT2D eigenvalue weighted by Gasteiger charge is -2.11. The Kier molecular flexibility index (Phi) is 3.86. The number of primary amides is 1. The Morgan fingerprint density at radius 2 is 2.37 bits per heavy atom. The minimum absolute atomic E-state index is 0.0588. The van der Waals surface area contributed by atoms with Crippen molar-refractivity contribution >= 4 is 28.1 Å². The lowest BCUT2D eigenvalue weighted by Crippen LogP contribution is -2.11. The van der Waals surface area contributed by atoms with Gasteiger partial charge in [-0.25, -0.2) is 0 Å². The second kappa shape index (κ2) is 5.57. The molecule has 1 aromatic carbocycles. The average Bonchev–Trinajstić information content (AvgIpc) is 2.77. The van der Waals surface area contributed by atoms with E-state index in [1.807, 2.05) is 6.92 Å². The number of rotatable bonds is 5. The van der Waals surface area contributed by atoms with Gasteiger partial charge in [0, 0.05) is 5.56 Å². The number of amides is 1. The third-order valence-electron chi connectivity index (χ3n) is 2.30. The number of benzene rings is 1. The molecule has 0 aliphatic heterocycles. The molecule has 0 atom stereocenters. The summed E-state index contributed by atoms with van der Waals surface area (Å²) in [5.74, 6) is 0.00629. The number of aromatic nitrogens is 1. The maximum Gasteiger partial charge on any atom is 0.248 e. The third kappa shape index (κ3) is 3.14. The van der Waals surface area contributed by atoms with Crippen LogP contribution in [0, 0.1) is 0 Å². The zero-order valence-electron chi connectivity index (χ0n) is 10.2. The van der Waals surface area contributed by atoms with Gasteiger partial charge in [-0.2, -0.15) is 4.98 Å². The number of carbonyl (C=O) groups excluding carboxylic acids is 1. The van der Waals surface area contributed by atoms with Gasteiger partial charge in [0.2, 0.25) is 11.8 Å². The van der Waals surface area contributed by atoms with Gasteiger partial charge in [-0.15, -0.1) is 11.3 Å². The van der Waals surface area contributed by atoms with Gasteiger partial charge in [0.25, 0.3) is 0 Å². The Morgan fingerprint density at radius 1 is 1.58 bits per heavy atom. The smallest absolute Gasteiger partial charge is 0.248 e.